The molecule has 1 aromatic heterocycles. The van der Waals surface area contributed by atoms with Gasteiger partial charge in [-0.1, -0.05) is 35.6 Å². The van der Waals surface area contributed by atoms with Crippen molar-refractivity contribution >= 4 is 43.4 Å². The molecule has 0 saturated carbocycles. The predicted molar refractivity (Wildman–Crippen MR) is 132 cm³/mol. The van der Waals surface area contributed by atoms with E-state index in [-0.39, 0.29) is 5.91 Å². The summed E-state index contributed by atoms with van der Waals surface area (Å²) >= 11 is 1.49. The summed E-state index contributed by atoms with van der Waals surface area (Å²) in [6.45, 7) is 1.43. The number of carbonyl (C=O) groups excluding carboxylic acids is 1. The van der Waals surface area contributed by atoms with Crippen molar-refractivity contribution in [2.24, 2.45) is 0 Å². The summed E-state index contributed by atoms with van der Waals surface area (Å²) in [5, 5.41) is 2.71. The summed E-state index contributed by atoms with van der Waals surface area (Å²) in [6, 6.07) is 17.6. The average molecular weight is 450 g/mol. The Balaban J connectivity index is 1.76. The summed E-state index contributed by atoms with van der Waals surface area (Å²) < 4.78 is 11.9. The molecule has 0 bridgehead atoms. The molecule has 0 N–H and O–H groups in total. The van der Waals surface area contributed by atoms with Crippen molar-refractivity contribution < 1.29 is 14.3 Å². The molecule has 0 unspecified atom stereocenters. The third-order valence-corrected chi connectivity index (χ3v) is 6.39. The molecule has 4 aromatic rings. The van der Waals surface area contributed by atoms with Crippen LogP contribution in [0, 0.1) is 0 Å². The van der Waals surface area contributed by atoms with Gasteiger partial charge in [0.15, 0.2) is 5.13 Å². The van der Waals surface area contributed by atoms with Gasteiger partial charge in [-0.25, -0.2) is 4.98 Å². The minimum Gasteiger partial charge on any atom is -0.497 e. The van der Waals surface area contributed by atoms with E-state index in [1.165, 1.54) is 11.3 Å². The third-order valence-electron chi connectivity index (χ3n) is 5.35. The molecule has 0 radical (unpaired) electrons. The summed E-state index contributed by atoms with van der Waals surface area (Å²) in [4.78, 5) is 22.5. The SMILES string of the molecule is COc1ccc2nc(N(CCCN(C)C)C(=O)c3cc4ccccc4cc3OC)sc2c1. The normalized spacial score (nSPS) is 11.3. The van der Waals surface area contributed by atoms with Crippen molar-refractivity contribution in [3.8, 4) is 11.5 Å². The van der Waals surface area contributed by atoms with E-state index in [2.05, 4.69) is 4.90 Å². The van der Waals surface area contributed by atoms with Gasteiger partial charge >= 0.3 is 0 Å². The number of amides is 1. The second kappa shape index (κ2) is 9.54. The van der Waals surface area contributed by atoms with Gasteiger partial charge in [0.2, 0.25) is 0 Å². The van der Waals surface area contributed by atoms with Gasteiger partial charge in [-0.15, -0.1) is 0 Å². The zero-order valence-corrected chi connectivity index (χ0v) is 19.6. The number of ether oxygens (including phenoxy) is 2. The van der Waals surface area contributed by atoms with Gasteiger partial charge in [-0.2, -0.15) is 0 Å². The Morgan fingerprint density at radius 3 is 2.41 bits per heavy atom. The smallest absolute Gasteiger partial charge is 0.263 e. The average Bonchev–Trinajstić information content (AvgIpc) is 3.23. The van der Waals surface area contributed by atoms with Gasteiger partial charge < -0.3 is 14.4 Å². The summed E-state index contributed by atoms with van der Waals surface area (Å²) in [5.41, 5.74) is 1.38. The number of aromatic nitrogens is 1. The number of nitrogens with zero attached hydrogens (tertiary/aromatic N) is 3. The molecule has 1 amide bonds. The highest BCUT2D eigenvalue weighted by Gasteiger charge is 2.24. The van der Waals surface area contributed by atoms with Crippen molar-refractivity contribution in [1.29, 1.82) is 0 Å². The van der Waals surface area contributed by atoms with Gasteiger partial charge in [-0.05, 0) is 68.2 Å². The summed E-state index contributed by atoms with van der Waals surface area (Å²) in [7, 11) is 7.30. The van der Waals surface area contributed by atoms with Crippen LogP contribution < -0.4 is 14.4 Å². The number of benzene rings is 3. The lowest BCUT2D eigenvalue weighted by molar-refractivity contribution is 0.0983. The lowest BCUT2D eigenvalue weighted by atomic mass is 10.0. The third kappa shape index (κ3) is 4.54. The van der Waals surface area contributed by atoms with Gasteiger partial charge in [0.25, 0.3) is 5.91 Å². The van der Waals surface area contributed by atoms with Crippen LogP contribution in [-0.4, -0.2) is 57.2 Å². The highest BCUT2D eigenvalue weighted by molar-refractivity contribution is 7.22. The van der Waals surface area contributed by atoms with Crippen LogP contribution in [0.1, 0.15) is 16.8 Å². The first kappa shape index (κ1) is 22.0. The van der Waals surface area contributed by atoms with E-state index in [9.17, 15) is 4.79 Å². The van der Waals surface area contributed by atoms with E-state index in [0.29, 0.717) is 23.0 Å². The van der Waals surface area contributed by atoms with Crippen LogP contribution in [0.5, 0.6) is 11.5 Å². The number of fused-ring (bicyclic) bond motifs is 2. The largest absolute Gasteiger partial charge is 0.497 e. The van der Waals surface area contributed by atoms with Crippen LogP contribution in [0.25, 0.3) is 21.0 Å². The van der Waals surface area contributed by atoms with E-state index in [0.717, 1.165) is 39.7 Å². The second-order valence-corrected chi connectivity index (χ2v) is 8.85. The number of rotatable bonds is 8. The number of hydrogen-bond acceptors (Lipinski definition) is 6. The van der Waals surface area contributed by atoms with E-state index >= 15 is 0 Å². The fourth-order valence-corrected chi connectivity index (χ4v) is 4.68. The van der Waals surface area contributed by atoms with Crippen molar-refractivity contribution in [2.75, 3.05) is 46.3 Å². The molecular weight excluding hydrogens is 422 g/mol. The second-order valence-electron chi connectivity index (χ2n) is 7.84. The van der Waals surface area contributed by atoms with Crippen molar-refractivity contribution in [3.63, 3.8) is 0 Å². The van der Waals surface area contributed by atoms with E-state index in [1.807, 2.05) is 68.7 Å². The van der Waals surface area contributed by atoms with Crippen LogP contribution in [-0.2, 0) is 0 Å². The topological polar surface area (TPSA) is 54.9 Å². The Labute approximate surface area is 192 Å². The van der Waals surface area contributed by atoms with Crippen LogP contribution in [0.3, 0.4) is 0 Å². The first-order valence-corrected chi connectivity index (χ1v) is 11.3. The maximum atomic E-state index is 13.8. The minimum absolute atomic E-state index is 0.114. The molecule has 32 heavy (non-hydrogen) atoms. The van der Waals surface area contributed by atoms with Gasteiger partial charge in [-0.3, -0.25) is 9.69 Å². The number of anilines is 1. The number of hydrogen-bond donors (Lipinski definition) is 0. The molecule has 0 aliphatic heterocycles. The van der Waals surface area contributed by atoms with Crippen molar-refractivity contribution in [1.82, 2.24) is 9.88 Å². The molecule has 0 aliphatic rings. The molecular formula is C25H27N3O3S. The first-order valence-electron chi connectivity index (χ1n) is 10.5. The Hall–Kier alpha value is -3.16. The Morgan fingerprint density at radius 1 is 0.969 bits per heavy atom. The van der Waals surface area contributed by atoms with E-state index < -0.39 is 0 Å². The fourth-order valence-electron chi connectivity index (χ4n) is 3.67. The molecule has 0 saturated heterocycles. The van der Waals surface area contributed by atoms with Crippen LogP contribution in [0.2, 0.25) is 0 Å². The van der Waals surface area contributed by atoms with Crippen LogP contribution in [0.4, 0.5) is 5.13 Å². The molecule has 0 aliphatic carbocycles. The first-order chi connectivity index (χ1) is 15.5. The fraction of sp³-hybridized carbons (Fsp3) is 0.280. The number of thiazole rings is 1. The highest BCUT2D eigenvalue weighted by atomic mass is 32.1. The quantitative estimate of drug-likeness (QED) is 0.376. The van der Waals surface area contributed by atoms with Crippen LogP contribution >= 0.6 is 11.3 Å². The van der Waals surface area contributed by atoms with Gasteiger partial charge in [0.1, 0.15) is 11.5 Å². The predicted octanol–water partition coefficient (Wildman–Crippen LogP) is 5.07. The molecule has 7 heteroatoms. The monoisotopic (exact) mass is 449 g/mol. The Morgan fingerprint density at radius 2 is 1.72 bits per heavy atom. The zero-order valence-electron chi connectivity index (χ0n) is 18.8. The van der Waals surface area contributed by atoms with Crippen LogP contribution in [0.15, 0.2) is 54.6 Å². The van der Waals surface area contributed by atoms with E-state index in [1.54, 1.807) is 19.1 Å². The maximum absolute atomic E-state index is 13.8. The molecule has 3 aromatic carbocycles. The lowest BCUT2D eigenvalue weighted by Gasteiger charge is -2.22. The Kier molecular flexibility index (Phi) is 6.58. The van der Waals surface area contributed by atoms with Crippen molar-refractivity contribution in [2.45, 2.75) is 6.42 Å². The highest BCUT2D eigenvalue weighted by Crippen LogP contribution is 2.34. The molecule has 0 atom stereocenters. The molecule has 166 valence electrons. The molecule has 4 rings (SSSR count). The Bertz CT molecular complexity index is 1250. The lowest BCUT2D eigenvalue weighted by Crippen LogP contribution is -2.33. The zero-order chi connectivity index (χ0) is 22.7. The standard InChI is InChI=1S/C25H27N3O3S/c1-27(2)12-7-13-28(25-26-21-11-10-19(30-3)16-23(21)32-25)24(29)20-14-17-8-5-6-9-18(17)15-22(20)31-4/h5-6,8-11,14-16H,7,12-13H2,1-4H3. The molecule has 6 nitrogen and oxygen atoms in total. The number of methoxy groups -OCH3 is 2. The van der Waals surface area contributed by atoms with E-state index in [4.69, 9.17) is 14.5 Å². The molecule has 0 fully saturated rings. The summed E-state index contributed by atoms with van der Waals surface area (Å²) in [5.74, 6) is 1.22. The number of carbonyl (C=O) groups is 1. The summed E-state index contributed by atoms with van der Waals surface area (Å²) in [6.07, 6.45) is 0.827. The maximum Gasteiger partial charge on any atom is 0.263 e. The van der Waals surface area contributed by atoms with Gasteiger partial charge in [0.05, 0.1) is 30.0 Å². The molecule has 1 heterocycles. The molecule has 0 spiro atoms. The minimum atomic E-state index is -0.114. The van der Waals surface area contributed by atoms with Crippen molar-refractivity contribution in [3.05, 3.63) is 60.2 Å². The van der Waals surface area contributed by atoms with Gasteiger partial charge in [0, 0.05) is 6.54 Å².